The largest absolute Gasteiger partial charge is 0.475 e. The molecule has 0 bridgehead atoms. The molecular weight excluding hydrogens is 282 g/mol. The van der Waals surface area contributed by atoms with E-state index in [4.69, 9.17) is 15.2 Å². The van der Waals surface area contributed by atoms with Gasteiger partial charge in [0, 0.05) is 12.6 Å². The molecule has 1 aromatic rings. The van der Waals surface area contributed by atoms with E-state index in [1.54, 1.807) is 17.0 Å². The molecule has 1 saturated heterocycles. The van der Waals surface area contributed by atoms with Crippen molar-refractivity contribution < 1.29 is 14.3 Å². The number of hydrogen-bond donors (Lipinski definition) is 1. The second-order valence-corrected chi connectivity index (χ2v) is 6.60. The van der Waals surface area contributed by atoms with Crippen LogP contribution in [0.3, 0.4) is 0 Å². The number of anilines is 1. The van der Waals surface area contributed by atoms with Crippen LogP contribution in [0.2, 0.25) is 0 Å². The molecule has 1 aromatic heterocycles. The summed E-state index contributed by atoms with van der Waals surface area (Å²) in [7, 11) is 0. The van der Waals surface area contributed by atoms with E-state index >= 15 is 0 Å². The van der Waals surface area contributed by atoms with E-state index in [0.29, 0.717) is 24.7 Å². The second-order valence-electron chi connectivity index (χ2n) is 6.60. The zero-order valence-electron chi connectivity index (χ0n) is 13.8. The van der Waals surface area contributed by atoms with Gasteiger partial charge in [-0.2, -0.15) is 0 Å². The Hall–Kier alpha value is -1.98. The van der Waals surface area contributed by atoms with E-state index in [1.807, 2.05) is 27.7 Å². The lowest BCUT2D eigenvalue weighted by Gasteiger charge is -2.28. The van der Waals surface area contributed by atoms with Gasteiger partial charge in [-0.1, -0.05) is 0 Å². The number of ether oxygens (including phenoxy) is 2. The first kappa shape index (κ1) is 16.4. The molecule has 0 saturated carbocycles. The van der Waals surface area contributed by atoms with E-state index in [2.05, 4.69) is 4.98 Å². The predicted octanol–water partition coefficient (Wildman–Crippen LogP) is 2.75. The average Bonchev–Trinajstić information content (AvgIpc) is 2.87. The van der Waals surface area contributed by atoms with Gasteiger partial charge in [-0.3, -0.25) is 0 Å². The van der Waals surface area contributed by atoms with Gasteiger partial charge in [0.15, 0.2) is 0 Å². The van der Waals surface area contributed by atoms with Crippen LogP contribution in [0.5, 0.6) is 5.88 Å². The maximum atomic E-state index is 12.2. The molecule has 1 aliphatic rings. The zero-order chi connectivity index (χ0) is 16.3. The molecular formula is C16H25N3O3. The molecule has 0 aromatic carbocycles. The van der Waals surface area contributed by atoms with E-state index in [0.717, 1.165) is 18.5 Å². The molecule has 0 spiro atoms. The molecule has 1 aliphatic heterocycles. The molecule has 0 aliphatic carbocycles. The molecule has 6 heteroatoms. The van der Waals surface area contributed by atoms with Crippen LogP contribution < -0.4 is 10.5 Å². The van der Waals surface area contributed by atoms with Gasteiger partial charge in [0.2, 0.25) is 5.88 Å². The maximum absolute atomic E-state index is 12.2. The first-order valence-corrected chi connectivity index (χ1v) is 7.62. The fourth-order valence-electron chi connectivity index (χ4n) is 2.38. The number of carbonyl (C=O) groups is 1. The van der Waals surface area contributed by atoms with E-state index in [1.165, 1.54) is 0 Å². The highest BCUT2D eigenvalue weighted by atomic mass is 16.6. The van der Waals surface area contributed by atoms with Gasteiger partial charge in [-0.05, 0) is 46.6 Å². The summed E-state index contributed by atoms with van der Waals surface area (Å²) in [6.45, 7) is 8.56. The van der Waals surface area contributed by atoms with Gasteiger partial charge in [-0.25, -0.2) is 9.78 Å². The summed E-state index contributed by atoms with van der Waals surface area (Å²) in [4.78, 5) is 18.2. The number of likely N-dealkylation sites (tertiary alicyclic amines) is 1. The van der Waals surface area contributed by atoms with Crippen molar-refractivity contribution in [2.45, 2.75) is 52.2 Å². The van der Waals surface area contributed by atoms with Crippen LogP contribution >= 0.6 is 0 Å². The third kappa shape index (κ3) is 4.26. The average molecular weight is 307 g/mol. The molecule has 1 atom stereocenters. The van der Waals surface area contributed by atoms with Crippen LogP contribution in [0.4, 0.5) is 10.5 Å². The van der Waals surface area contributed by atoms with Crippen molar-refractivity contribution in [2.24, 2.45) is 0 Å². The number of amides is 1. The highest BCUT2D eigenvalue weighted by molar-refractivity contribution is 5.69. The summed E-state index contributed by atoms with van der Waals surface area (Å²) < 4.78 is 11.2. The van der Waals surface area contributed by atoms with Crippen molar-refractivity contribution in [3.8, 4) is 5.88 Å². The second kappa shape index (κ2) is 6.42. The molecule has 1 fully saturated rings. The molecule has 1 amide bonds. The Bertz CT molecular complexity index is 540. The van der Waals surface area contributed by atoms with Gasteiger partial charge >= 0.3 is 6.09 Å². The fourth-order valence-corrected chi connectivity index (χ4v) is 2.38. The summed E-state index contributed by atoms with van der Waals surface area (Å²) in [6.07, 6.45) is 1.59. The Morgan fingerprint density at radius 1 is 1.45 bits per heavy atom. The summed E-state index contributed by atoms with van der Waals surface area (Å²) in [5.74, 6) is 0.530. The zero-order valence-corrected chi connectivity index (χ0v) is 13.8. The van der Waals surface area contributed by atoms with Gasteiger partial charge in [0.25, 0.3) is 0 Å². The Labute approximate surface area is 131 Å². The number of aromatic nitrogens is 1. The number of nitrogen functional groups attached to an aromatic ring is 1. The van der Waals surface area contributed by atoms with Gasteiger partial charge in [0.05, 0.1) is 17.4 Å². The topological polar surface area (TPSA) is 77.7 Å². The SMILES string of the molecule is Cc1nc(OCC2CCCN2C(=O)OC(C)(C)C)ccc1N. The monoisotopic (exact) mass is 307 g/mol. The quantitative estimate of drug-likeness (QED) is 0.929. The van der Waals surface area contributed by atoms with Crippen LogP contribution in [-0.2, 0) is 4.74 Å². The van der Waals surface area contributed by atoms with Crippen LogP contribution in [0.25, 0.3) is 0 Å². The normalized spacial score (nSPS) is 18.4. The van der Waals surface area contributed by atoms with Crippen molar-refractivity contribution >= 4 is 11.8 Å². The lowest BCUT2D eigenvalue weighted by atomic mass is 10.2. The third-order valence-electron chi connectivity index (χ3n) is 3.53. The van der Waals surface area contributed by atoms with Crippen molar-refractivity contribution in [1.82, 2.24) is 9.88 Å². The highest BCUT2D eigenvalue weighted by Gasteiger charge is 2.32. The summed E-state index contributed by atoms with van der Waals surface area (Å²) in [6, 6.07) is 3.54. The number of carbonyl (C=O) groups excluding carboxylic acids is 1. The molecule has 0 radical (unpaired) electrons. The predicted molar refractivity (Wildman–Crippen MR) is 84.8 cm³/mol. The number of aryl methyl sites for hydroxylation is 1. The van der Waals surface area contributed by atoms with Crippen molar-refractivity contribution in [3.63, 3.8) is 0 Å². The van der Waals surface area contributed by atoms with Crippen LogP contribution in [0.1, 0.15) is 39.3 Å². The minimum atomic E-state index is -0.485. The van der Waals surface area contributed by atoms with Crippen LogP contribution in [0.15, 0.2) is 12.1 Å². The smallest absolute Gasteiger partial charge is 0.410 e. The van der Waals surface area contributed by atoms with Crippen molar-refractivity contribution in [2.75, 3.05) is 18.9 Å². The van der Waals surface area contributed by atoms with Gasteiger partial charge in [-0.15, -0.1) is 0 Å². The summed E-state index contributed by atoms with van der Waals surface area (Å²) in [5.41, 5.74) is 6.64. The molecule has 122 valence electrons. The first-order chi connectivity index (χ1) is 10.3. The van der Waals surface area contributed by atoms with Crippen LogP contribution in [0, 0.1) is 6.92 Å². The minimum absolute atomic E-state index is 0.0227. The van der Waals surface area contributed by atoms with E-state index in [9.17, 15) is 4.79 Å². The van der Waals surface area contributed by atoms with Gasteiger partial charge < -0.3 is 20.1 Å². The molecule has 2 rings (SSSR count). The molecule has 2 N–H and O–H groups in total. The van der Waals surface area contributed by atoms with Crippen LogP contribution in [-0.4, -0.2) is 40.8 Å². The first-order valence-electron chi connectivity index (χ1n) is 7.62. The van der Waals surface area contributed by atoms with Crippen molar-refractivity contribution in [3.05, 3.63) is 17.8 Å². The lowest BCUT2D eigenvalue weighted by Crippen LogP contribution is -2.42. The minimum Gasteiger partial charge on any atom is -0.475 e. The van der Waals surface area contributed by atoms with Crippen molar-refractivity contribution in [1.29, 1.82) is 0 Å². The lowest BCUT2D eigenvalue weighted by molar-refractivity contribution is 0.0185. The number of nitrogens with zero attached hydrogens (tertiary/aromatic N) is 2. The molecule has 22 heavy (non-hydrogen) atoms. The molecule has 6 nitrogen and oxygen atoms in total. The maximum Gasteiger partial charge on any atom is 0.410 e. The summed E-state index contributed by atoms with van der Waals surface area (Å²) in [5, 5.41) is 0. The molecule has 2 heterocycles. The number of hydrogen-bond acceptors (Lipinski definition) is 5. The number of rotatable bonds is 3. The van der Waals surface area contributed by atoms with E-state index in [-0.39, 0.29) is 12.1 Å². The summed E-state index contributed by atoms with van der Waals surface area (Å²) >= 11 is 0. The van der Waals surface area contributed by atoms with Gasteiger partial charge in [0.1, 0.15) is 12.2 Å². The number of pyridine rings is 1. The number of nitrogens with two attached hydrogens (primary N) is 1. The Morgan fingerprint density at radius 2 is 2.18 bits per heavy atom. The highest BCUT2D eigenvalue weighted by Crippen LogP contribution is 2.22. The molecule has 1 unspecified atom stereocenters. The Balaban J connectivity index is 1.93. The fraction of sp³-hybridized carbons (Fsp3) is 0.625. The standard InChI is InChI=1S/C16H25N3O3/c1-11-13(17)7-8-14(18-11)21-10-12-6-5-9-19(12)15(20)22-16(2,3)4/h7-8,12H,5-6,9-10,17H2,1-4H3. The third-order valence-corrected chi connectivity index (χ3v) is 3.53. The Morgan fingerprint density at radius 3 is 2.82 bits per heavy atom. The van der Waals surface area contributed by atoms with E-state index < -0.39 is 5.60 Å². The Kier molecular flexibility index (Phi) is 4.78.